The molecule has 0 fully saturated rings. The van der Waals surface area contributed by atoms with Crippen molar-refractivity contribution in [1.29, 1.82) is 0 Å². The number of hydrogen-bond acceptors (Lipinski definition) is 4. The van der Waals surface area contributed by atoms with Gasteiger partial charge in [-0.2, -0.15) is 4.99 Å². The smallest absolute Gasteiger partial charge is 0.257 e. The average molecular weight is 404 g/mol. The Morgan fingerprint density at radius 2 is 2.04 bits per heavy atom. The van der Waals surface area contributed by atoms with Crippen molar-refractivity contribution in [2.24, 2.45) is 4.99 Å². The van der Waals surface area contributed by atoms with E-state index in [0.29, 0.717) is 10.0 Å². The lowest BCUT2D eigenvalue weighted by Gasteiger charge is -2.07. The summed E-state index contributed by atoms with van der Waals surface area (Å²) in [5.74, 6) is 0.711. The van der Waals surface area contributed by atoms with Gasteiger partial charge in [0.25, 0.3) is 5.84 Å². The van der Waals surface area contributed by atoms with Crippen LogP contribution in [0.1, 0.15) is 11.3 Å². The largest absolute Gasteiger partial charge is 0.326 e. The molecule has 0 saturated heterocycles. The van der Waals surface area contributed by atoms with Crippen molar-refractivity contribution >= 4 is 63.3 Å². The highest BCUT2D eigenvalue weighted by molar-refractivity contribution is 7.07. The molecule has 1 aromatic heterocycles. The van der Waals surface area contributed by atoms with Crippen molar-refractivity contribution in [3.8, 4) is 0 Å². The normalized spacial score (nSPS) is 12.6. The number of carbonyl (C=O) groups is 1. The van der Waals surface area contributed by atoms with Gasteiger partial charge in [-0.25, -0.2) is 4.98 Å². The van der Waals surface area contributed by atoms with Crippen LogP contribution in [0.2, 0.25) is 10.0 Å². The molecule has 0 spiro atoms. The molecule has 1 aliphatic rings. The number of amidine groups is 1. The van der Waals surface area contributed by atoms with Gasteiger partial charge in [0.15, 0.2) is 11.4 Å². The fourth-order valence-electron chi connectivity index (χ4n) is 2.67. The van der Waals surface area contributed by atoms with Gasteiger partial charge >= 0.3 is 0 Å². The lowest BCUT2D eigenvalue weighted by atomic mass is 10.1. The molecule has 1 aliphatic heterocycles. The van der Waals surface area contributed by atoms with Crippen molar-refractivity contribution in [2.75, 3.05) is 5.32 Å². The minimum Gasteiger partial charge on any atom is -0.326 e. The second kappa shape index (κ2) is 7.17. The van der Waals surface area contributed by atoms with E-state index in [0.717, 1.165) is 34.2 Å². The molecule has 2 heterocycles. The number of benzene rings is 2. The first-order chi connectivity index (χ1) is 12.6. The number of nitrogens with one attached hydrogen (secondary N) is 1. The standard InChI is InChI=1S/C18H12Cl2N4OS/c19-12-3-1-10(5-13(12)20)6-17(25)22-11-2-4-14-15(7-11)24-18(23-14)16-8-26-9-21-16/h1-5,7-9H,6H2,(H,22,25)(H,23,24)/p+1. The van der Waals surface area contributed by atoms with Gasteiger partial charge in [-0.15, -0.1) is 11.3 Å². The van der Waals surface area contributed by atoms with Crippen LogP contribution < -0.4 is 10.6 Å². The number of thiazole rings is 1. The molecular formula is C18H13Cl2N4OS+. The quantitative estimate of drug-likeness (QED) is 0.648. The third kappa shape index (κ3) is 3.64. The van der Waals surface area contributed by atoms with Gasteiger partial charge in [0.1, 0.15) is 5.69 Å². The third-order valence-corrected chi connectivity index (χ3v) is 5.21. The van der Waals surface area contributed by atoms with Gasteiger partial charge in [-0.3, -0.25) is 10.1 Å². The van der Waals surface area contributed by atoms with E-state index in [-0.39, 0.29) is 12.3 Å². The molecular weight excluding hydrogens is 391 g/mol. The van der Waals surface area contributed by atoms with Gasteiger partial charge < -0.3 is 5.32 Å². The Bertz CT molecular complexity index is 1020. The molecule has 0 radical (unpaired) electrons. The van der Waals surface area contributed by atoms with E-state index < -0.39 is 0 Å². The Morgan fingerprint density at radius 3 is 2.81 bits per heavy atom. The van der Waals surface area contributed by atoms with E-state index in [9.17, 15) is 4.79 Å². The number of quaternary nitrogens is 1. The van der Waals surface area contributed by atoms with E-state index in [4.69, 9.17) is 23.2 Å². The van der Waals surface area contributed by atoms with Crippen LogP contribution in [0.15, 0.2) is 52.3 Å². The van der Waals surface area contributed by atoms with Gasteiger partial charge in [0.2, 0.25) is 5.91 Å². The van der Waals surface area contributed by atoms with Crippen LogP contribution in [0.5, 0.6) is 0 Å². The number of amides is 1. The molecule has 5 nitrogen and oxygen atoms in total. The summed E-state index contributed by atoms with van der Waals surface area (Å²) in [6.07, 6.45) is 0.220. The van der Waals surface area contributed by atoms with Crippen LogP contribution in [0.4, 0.5) is 17.1 Å². The average Bonchev–Trinajstić information content (AvgIpc) is 3.26. The molecule has 0 bridgehead atoms. The molecule has 0 atom stereocenters. The summed E-state index contributed by atoms with van der Waals surface area (Å²) < 4.78 is 0. The summed E-state index contributed by atoms with van der Waals surface area (Å²) in [6.45, 7) is 0. The van der Waals surface area contributed by atoms with Crippen LogP contribution in [0, 0.1) is 0 Å². The lowest BCUT2D eigenvalue weighted by molar-refractivity contribution is -0.437. The Balaban J connectivity index is 1.44. The molecule has 3 aromatic rings. The number of rotatable bonds is 4. The van der Waals surface area contributed by atoms with E-state index in [1.54, 1.807) is 23.7 Å². The van der Waals surface area contributed by atoms with Crippen molar-refractivity contribution in [3.05, 3.63) is 68.6 Å². The molecule has 0 aliphatic carbocycles. The number of hydrogen-bond donors (Lipinski definition) is 2. The molecule has 3 N–H and O–H groups in total. The summed E-state index contributed by atoms with van der Waals surface area (Å²) in [5, 5.41) is 7.75. The minimum absolute atomic E-state index is 0.123. The number of carbonyl (C=O) groups excluding carboxylic acids is 1. The summed E-state index contributed by atoms with van der Waals surface area (Å²) >= 11 is 13.4. The van der Waals surface area contributed by atoms with Gasteiger partial charge in [0, 0.05) is 17.1 Å². The maximum absolute atomic E-state index is 12.3. The van der Waals surface area contributed by atoms with E-state index in [1.807, 2.05) is 28.9 Å². The Hall–Kier alpha value is -2.25. The van der Waals surface area contributed by atoms with Crippen molar-refractivity contribution in [2.45, 2.75) is 6.42 Å². The summed E-state index contributed by atoms with van der Waals surface area (Å²) in [6, 6.07) is 10.8. The maximum Gasteiger partial charge on any atom is 0.257 e. The third-order valence-electron chi connectivity index (χ3n) is 3.89. The highest BCUT2D eigenvalue weighted by Gasteiger charge is 2.22. The summed E-state index contributed by atoms with van der Waals surface area (Å²) in [5.41, 5.74) is 5.99. The van der Waals surface area contributed by atoms with Crippen molar-refractivity contribution in [1.82, 2.24) is 4.98 Å². The van der Waals surface area contributed by atoms with Crippen LogP contribution in [0.3, 0.4) is 0 Å². The lowest BCUT2D eigenvalue weighted by Crippen LogP contribution is -2.80. The van der Waals surface area contributed by atoms with E-state index in [1.165, 1.54) is 11.3 Å². The fraction of sp³-hybridized carbons (Fsp3) is 0.0556. The minimum atomic E-state index is -0.123. The molecule has 0 saturated carbocycles. The van der Waals surface area contributed by atoms with Crippen LogP contribution >= 0.6 is 34.5 Å². The van der Waals surface area contributed by atoms with Crippen LogP contribution in [-0.4, -0.2) is 16.7 Å². The van der Waals surface area contributed by atoms with Crippen molar-refractivity contribution < 1.29 is 10.1 Å². The Labute approximate surface area is 163 Å². The number of nitrogens with two attached hydrogens (primary N) is 1. The predicted molar refractivity (Wildman–Crippen MR) is 105 cm³/mol. The molecule has 0 unspecified atom stereocenters. The molecule has 4 rings (SSSR count). The van der Waals surface area contributed by atoms with Gasteiger partial charge in [0.05, 0.1) is 22.0 Å². The SMILES string of the molecule is O=C(Cc1ccc(Cl)c(Cl)c1)Nc1ccc2c(c1)[NH2+]C(c1cscn1)=N2. The number of aliphatic imine (C=N–C) groups is 1. The summed E-state index contributed by atoms with van der Waals surface area (Å²) in [4.78, 5) is 21.1. The van der Waals surface area contributed by atoms with Crippen LogP contribution in [-0.2, 0) is 11.2 Å². The summed E-state index contributed by atoms with van der Waals surface area (Å²) in [7, 11) is 0. The molecule has 8 heteroatoms. The molecule has 130 valence electrons. The highest BCUT2D eigenvalue weighted by atomic mass is 35.5. The van der Waals surface area contributed by atoms with Gasteiger partial charge in [-0.1, -0.05) is 29.3 Å². The van der Waals surface area contributed by atoms with E-state index >= 15 is 0 Å². The predicted octanol–water partition coefficient (Wildman–Crippen LogP) is 3.92. The monoisotopic (exact) mass is 403 g/mol. The number of fused-ring (bicyclic) bond motifs is 1. The second-order valence-electron chi connectivity index (χ2n) is 5.76. The molecule has 26 heavy (non-hydrogen) atoms. The topological polar surface area (TPSA) is 71.0 Å². The Kier molecular flexibility index (Phi) is 4.74. The molecule has 2 aromatic carbocycles. The molecule has 1 amide bonds. The van der Waals surface area contributed by atoms with Crippen molar-refractivity contribution in [3.63, 3.8) is 0 Å². The first-order valence-electron chi connectivity index (χ1n) is 7.78. The number of aromatic nitrogens is 1. The second-order valence-corrected chi connectivity index (χ2v) is 7.30. The fourth-order valence-corrected chi connectivity index (χ4v) is 3.54. The first-order valence-corrected chi connectivity index (χ1v) is 9.48. The zero-order valence-corrected chi connectivity index (χ0v) is 15.7. The zero-order chi connectivity index (χ0) is 18.1. The zero-order valence-electron chi connectivity index (χ0n) is 13.4. The number of halogens is 2. The maximum atomic E-state index is 12.3. The Morgan fingerprint density at radius 1 is 1.15 bits per heavy atom. The highest BCUT2D eigenvalue weighted by Crippen LogP contribution is 2.28. The van der Waals surface area contributed by atoms with Crippen LogP contribution in [0.25, 0.3) is 0 Å². The van der Waals surface area contributed by atoms with Gasteiger partial charge in [-0.05, 0) is 29.8 Å². The number of anilines is 1. The number of nitrogens with zero attached hydrogens (tertiary/aromatic N) is 2. The van der Waals surface area contributed by atoms with E-state index in [2.05, 4.69) is 15.3 Å². The first kappa shape index (κ1) is 17.2.